The number of hydrogen-bond acceptors (Lipinski definition) is 14. The number of nitrogens with zero attached hydrogens (tertiary/aromatic N) is 4. The number of ether oxygens (including phenoxy) is 2. The first-order valence-corrected chi connectivity index (χ1v) is 28.4. The number of nitrogens with one attached hydrogen (secondary N) is 4. The van der Waals surface area contributed by atoms with Gasteiger partial charge in [-0.2, -0.15) is 0 Å². The zero-order chi connectivity index (χ0) is 56.3. The van der Waals surface area contributed by atoms with Gasteiger partial charge in [-0.05, 0) is 91.9 Å². The van der Waals surface area contributed by atoms with Gasteiger partial charge in [0.05, 0.1) is 54.1 Å². The number of thiazole rings is 4. The van der Waals surface area contributed by atoms with E-state index in [1.165, 1.54) is 81.2 Å². The summed E-state index contributed by atoms with van der Waals surface area (Å²) < 4.78 is 64.3. The van der Waals surface area contributed by atoms with Crippen molar-refractivity contribution in [2.45, 2.75) is 6.92 Å². The minimum atomic E-state index is -0.296. The number of aryl methyl sites for hydroxylation is 1. The van der Waals surface area contributed by atoms with Crippen LogP contribution in [0.4, 0.5) is 60.8 Å². The molecule has 0 fully saturated rings. The zero-order valence-corrected chi connectivity index (χ0v) is 46.9. The molecule has 0 aliphatic carbocycles. The molecule has 406 valence electrons. The normalized spacial score (nSPS) is 10.4. The van der Waals surface area contributed by atoms with E-state index >= 15 is 0 Å². The first kappa shape index (κ1) is 56.5. The molecule has 0 unspecified atom stereocenters. The summed E-state index contributed by atoms with van der Waals surface area (Å²) in [4.78, 5) is 17.9. The van der Waals surface area contributed by atoms with Gasteiger partial charge in [-0.15, -0.1) is 45.3 Å². The van der Waals surface area contributed by atoms with Gasteiger partial charge in [-0.3, -0.25) is 0 Å². The Kier molecular flexibility index (Phi) is 19.6. The number of anilines is 8. The molecule has 10 nitrogen and oxygen atoms in total. The smallest absolute Gasteiger partial charge is 0.187 e. The monoisotopic (exact) mass is 1150 g/mol. The molecule has 0 bridgehead atoms. The van der Waals surface area contributed by atoms with Gasteiger partial charge in [0.2, 0.25) is 0 Å². The van der Waals surface area contributed by atoms with Crippen LogP contribution in [0.1, 0.15) is 5.56 Å². The summed E-state index contributed by atoms with van der Waals surface area (Å²) in [7, 11) is 3.27. The van der Waals surface area contributed by atoms with Crippen LogP contribution < -0.4 is 30.7 Å². The van der Waals surface area contributed by atoms with Crippen LogP contribution in [0, 0.1) is 30.2 Å². The minimum absolute atomic E-state index is 0.274. The Morgan fingerprint density at radius 1 is 0.346 bits per heavy atom. The van der Waals surface area contributed by atoms with Gasteiger partial charge in [0.25, 0.3) is 0 Å². The van der Waals surface area contributed by atoms with Gasteiger partial charge in [0.1, 0.15) is 34.8 Å². The van der Waals surface area contributed by atoms with Crippen molar-refractivity contribution in [2.24, 2.45) is 0 Å². The van der Waals surface area contributed by atoms with Gasteiger partial charge >= 0.3 is 0 Å². The molecule has 0 aliphatic rings. The lowest BCUT2D eigenvalue weighted by atomic mass is 10.1. The van der Waals surface area contributed by atoms with E-state index in [1.54, 1.807) is 80.9 Å². The third-order valence-electron chi connectivity index (χ3n) is 11.6. The first-order chi connectivity index (χ1) is 39.5. The molecule has 0 saturated carbocycles. The van der Waals surface area contributed by atoms with E-state index in [0.717, 1.165) is 61.7 Å². The van der Waals surface area contributed by atoms with Crippen molar-refractivity contribution in [3.05, 3.63) is 251 Å². The largest absolute Gasteiger partial charge is 0.497 e. The highest BCUT2D eigenvalue weighted by atomic mass is 32.1. The zero-order valence-electron chi connectivity index (χ0n) is 43.6. The van der Waals surface area contributed by atoms with Crippen LogP contribution in [0.15, 0.2) is 222 Å². The molecule has 4 aromatic heterocycles. The van der Waals surface area contributed by atoms with Crippen molar-refractivity contribution in [3.8, 4) is 56.5 Å². The SMILES string of the molecule is COc1cccc(-c2csc(Nc3cccc(F)c3)n2)c1.COc1cccc(-c2csc(Nc3ccccc3F)n2)c1.Cc1cccc(-c2csc(Nc3ccccc3F)n2)c1.Fc1ccccc1Nc1nc(-c2ccccc2)cs1. The summed E-state index contributed by atoms with van der Waals surface area (Å²) >= 11 is 5.83. The number of benzene rings is 8. The summed E-state index contributed by atoms with van der Waals surface area (Å²) in [6.45, 7) is 2.05. The Morgan fingerprint density at radius 2 is 0.704 bits per heavy atom. The number of rotatable bonds is 14. The van der Waals surface area contributed by atoms with Gasteiger partial charge in [0.15, 0.2) is 20.5 Å². The lowest BCUT2D eigenvalue weighted by Crippen LogP contribution is -1.92. The Morgan fingerprint density at radius 3 is 1.11 bits per heavy atom. The van der Waals surface area contributed by atoms with E-state index in [2.05, 4.69) is 47.3 Å². The fourth-order valence-electron chi connectivity index (χ4n) is 7.56. The molecule has 0 aliphatic heterocycles. The van der Waals surface area contributed by atoms with Crippen LogP contribution in [0.5, 0.6) is 11.5 Å². The maximum atomic E-state index is 13.6. The molecule has 8 aromatic carbocycles. The van der Waals surface area contributed by atoms with Crippen molar-refractivity contribution in [2.75, 3.05) is 35.5 Å². The van der Waals surface area contributed by atoms with E-state index in [4.69, 9.17) is 9.47 Å². The highest BCUT2D eigenvalue weighted by Crippen LogP contribution is 2.33. The number of para-hydroxylation sites is 3. The summed E-state index contributed by atoms with van der Waals surface area (Å²) in [5.41, 5.74) is 10.7. The highest BCUT2D eigenvalue weighted by Gasteiger charge is 2.11. The third-order valence-corrected chi connectivity index (χ3v) is 14.6. The van der Waals surface area contributed by atoms with Crippen LogP contribution in [0.2, 0.25) is 0 Å². The Balaban J connectivity index is 0.000000130. The van der Waals surface area contributed by atoms with Gasteiger partial charge in [-0.25, -0.2) is 37.5 Å². The first-order valence-electron chi connectivity index (χ1n) is 24.9. The van der Waals surface area contributed by atoms with E-state index < -0.39 is 0 Å². The molecule has 0 spiro atoms. The van der Waals surface area contributed by atoms with Crippen LogP contribution in [0.3, 0.4) is 0 Å². The molecule has 4 N–H and O–H groups in total. The second kappa shape index (κ2) is 28.1. The van der Waals surface area contributed by atoms with Crippen molar-refractivity contribution < 1.29 is 27.0 Å². The molecular weight excluding hydrogens is 1110 g/mol. The standard InChI is InChI=1S/2C16H13FN2OS.C16H13FN2S.C15H11FN2S/c1-20-14-7-2-4-11(8-14)15-10-21-16(19-15)18-13-6-3-5-12(17)9-13;1-20-12-6-4-5-11(9-12)15-10-21-16(19-15)18-14-8-3-2-7-13(14)17;1-11-5-4-6-12(9-11)15-10-20-16(19-15)18-14-8-3-2-7-13(14)17;16-12-8-4-5-9-13(12)17-15-18-14(10-19-15)11-6-2-1-3-7-11/h2*2-10H,1H3,(H,18,19);2-10H,1H3,(H,18,19);1-10H,(H,17,18). The van der Waals surface area contributed by atoms with Crippen LogP contribution in [-0.2, 0) is 0 Å². The van der Waals surface area contributed by atoms with Gasteiger partial charge in [-0.1, -0.05) is 121 Å². The number of methoxy groups -OCH3 is 2. The van der Waals surface area contributed by atoms with Crippen molar-refractivity contribution in [3.63, 3.8) is 0 Å². The Labute approximate surface area is 482 Å². The predicted molar refractivity (Wildman–Crippen MR) is 327 cm³/mol. The molecule has 0 saturated heterocycles. The van der Waals surface area contributed by atoms with Crippen molar-refractivity contribution in [1.82, 2.24) is 19.9 Å². The molecular formula is C63H50F4N8O2S4. The van der Waals surface area contributed by atoms with Crippen molar-refractivity contribution >= 4 is 88.6 Å². The summed E-state index contributed by atoms with van der Waals surface area (Å²) in [6.07, 6.45) is 0. The second-order valence-corrected chi connectivity index (χ2v) is 20.7. The molecule has 4 heterocycles. The summed E-state index contributed by atoms with van der Waals surface area (Å²) in [6, 6.07) is 59.5. The average Bonchev–Trinajstić information content (AvgIpc) is 4.36. The predicted octanol–water partition coefficient (Wildman–Crippen LogP) is 19.1. The molecule has 12 aromatic rings. The Hall–Kier alpha value is -9.20. The van der Waals surface area contributed by atoms with Crippen LogP contribution in [0.25, 0.3) is 45.0 Å². The van der Waals surface area contributed by atoms with Gasteiger partial charge < -0.3 is 30.7 Å². The van der Waals surface area contributed by atoms with E-state index in [0.29, 0.717) is 38.1 Å². The number of hydrogen-bond donors (Lipinski definition) is 4. The summed E-state index contributed by atoms with van der Waals surface area (Å²) in [5.74, 6) is 0.447. The number of halogens is 4. The van der Waals surface area contributed by atoms with E-state index in [-0.39, 0.29) is 23.3 Å². The topological polar surface area (TPSA) is 118 Å². The van der Waals surface area contributed by atoms with Gasteiger partial charge in [0, 0.05) is 49.5 Å². The Bertz CT molecular complexity index is 3950. The minimum Gasteiger partial charge on any atom is -0.497 e. The van der Waals surface area contributed by atoms with E-state index in [1.807, 2.05) is 126 Å². The fraction of sp³-hybridized carbons (Fsp3) is 0.0476. The lowest BCUT2D eigenvalue weighted by Gasteiger charge is -2.03. The number of aromatic nitrogens is 4. The molecule has 12 rings (SSSR count). The maximum absolute atomic E-state index is 13.6. The quantitative estimate of drug-likeness (QED) is 0.0784. The average molecular weight is 1160 g/mol. The van der Waals surface area contributed by atoms with E-state index in [9.17, 15) is 17.6 Å². The summed E-state index contributed by atoms with van der Waals surface area (Å²) in [5, 5.41) is 22.6. The molecule has 0 atom stereocenters. The van der Waals surface area contributed by atoms with Crippen molar-refractivity contribution in [1.29, 1.82) is 0 Å². The van der Waals surface area contributed by atoms with Crippen LogP contribution >= 0.6 is 45.3 Å². The third kappa shape index (κ3) is 16.2. The highest BCUT2D eigenvalue weighted by molar-refractivity contribution is 7.15. The molecule has 81 heavy (non-hydrogen) atoms. The maximum Gasteiger partial charge on any atom is 0.187 e. The van der Waals surface area contributed by atoms with Crippen LogP contribution in [-0.4, -0.2) is 34.2 Å². The molecule has 0 radical (unpaired) electrons. The fourth-order valence-corrected chi connectivity index (χ4v) is 10.5. The molecule has 18 heteroatoms. The molecule has 0 amide bonds. The lowest BCUT2D eigenvalue weighted by molar-refractivity contribution is 0.415. The second-order valence-electron chi connectivity index (χ2n) is 17.3.